The van der Waals surface area contributed by atoms with Crippen LogP contribution < -0.4 is 0 Å². The molecule has 1 aliphatic rings. The molecule has 2 heterocycles. The van der Waals surface area contributed by atoms with Gasteiger partial charge in [0.25, 0.3) is 5.91 Å². The number of aromatic nitrogens is 2. The van der Waals surface area contributed by atoms with Gasteiger partial charge in [-0.25, -0.2) is 4.98 Å². The summed E-state index contributed by atoms with van der Waals surface area (Å²) in [6, 6.07) is 5.58. The molecular formula is C15H18N4O2. The molecule has 1 aromatic carbocycles. The van der Waals surface area contributed by atoms with E-state index in [1.807, 2.05) is 25.1 Å². The van der Waals surface area contributed by atoms with E-state index in [1.54, 1.807) is 16.7 Å². The minimum absolute atomic E-state index is 0.0182. The summed E-state index contributed by atoms with van der Waals surface area (Å²) in [5.41, 5.74) is 2.21. The summed E-state index contributed by atoms with van der Waals surface area (Å²) in [5, 5.41) is 0. The predicted octanol–water partition coefficient (Wildman–Crippen LogP) is 1.18. The number of aryl methyl sites for hydroxylation is 1. The number of hydrogen-bond donors (Lipinski definition) is 1. The zero-order valence-corrected chi connectivity index (χ0v) is 12.2. The Morgan fingerprint density at radius 3 is 2.48 bits per heavy atom. The van der Waals surface area contributed by atoms with Gasteiger partial charge in [0, 0.05) is 33.1 Å². The lowest BCUT2D eigenvalue weighted by atomic mass is 10.1. The number of nitrogens with one attached hydrogen (secondary N) is 1. The third kappa shape index (κ3) is 2.49. The number of piperazine rings is 1. The maximum Gasteiger partial charge on any atom is 0.256 e. The van der Waals surface area contributed by atoms with Gasteiger partial charge in [0.1, 0.15) is 11.3 Å². The van der Waals surface area contributed by atoms with Gasteiger partial charge >= 0.3 is 0 Å². The van der Waals surface area contributed by atoms with Crippen LogP contribution in [0, 0.1) is 6.92 Å². The van der Waals surface area contributed by atoms with Crippen molar-refractivity contribution in [2.24, 2.45) is 0 Å². The first kappa shape index (κ1) is 13.6. The average molecular weight is 286 g/mol. The van der Waals surface area contributed by atoms with Crippen molar-refractivity contribution in [1.29, 1.82) is 0 Å². The van der Waals surface area contributed by atoms with Crippen LogP contribution in [0.15, 0.2) is 18.2 Å². The smallest absolute Gasteiger partial charge is 0.256 e. The highest BCUT2D eigenvalue weighted by Gasteiger charge is 2.24. The highest BCUT2D eigenvalue weighted by Crippen LogP contribution is 2.19. The van der Waals surface area contributed by atoms with E-state index in [9.17, 15) is 9.59 Å². The number of fused-ring (bicyclic) bond motifs is 1. The molecule has 0 unspecified atom stereocenters. The van der Waals surface area contributed by atoms with Crippen molar-refractivity contribution in [3.8, 4) is 0 Å². The summed E-state index contributed by atoms with van der Waals surface area (Å²) in [4.78, 5) is 35.1. The Balaban J connectivity index is 1.83. The van der Waals surface area contributed by atoms with Gasteiger partial charge < -0.3 is 14.8 Å². The number of H-pyrrole nitrogens is 1. The second-order valence-electron chi connectivity index (χ2n) is 5.32. The molecule has 6 heteroatoms. The molecule has 1 fully saturated rings. The summed E-state index contributed by atoms with van der Waals surface area (Å²) in [6.45, 7) is 5.76. The first-order valence-corrected chi connectivity index (χ1v) is 7.06. The van der Waals surface area contributed by atoms with Crippen molar-refractivity contribution in [1.82, 2.24) is 19.8 Å². The first-order chi connectivity index (χ1) is 10.1. The number of rotatable bonds is 1. The predicted molar refractivity (Wildman–Crippen MR) is 79.0 cm³/mol. The highest BCUT2D eigenvalue weighted by atomic mass is 16.2. The lowest BCUT2D eigenvalue weighted by Crippen LogP contribution is -2.50. The first-order valence-electron chi connectivity index (χ1n) is 7.06. The summed E-state index contributed by atoms with van der Waals surface area (Å²) in [6.07, 6.45) is 0. The van der Waals surface area contributed by atoms with Crippen LogP contribution in [-0.4, -0.2) is 57.8 Å². The van der Waals surface area contributed by atoms with E-state index in [4.69, 9.17) is 0 Å². The maximum atomic E-state index is 12.7. The van der Waals surface area contributed by atoms with Gasteiger partial charge in [-0.2, -0.15) is 0 Å². The van der Waals surface area contributed by atoms with Crippen LogP contribution in [0.25, 0.3) is 11.0 Å². The van der Waals surface area contributed by atoms with E-state index in [0.717, 1.165) is 11.3 Å². The number of benzene rings is 1. The van der Waals surface area contributed by atoms with Crippen molar-refractivity contribution >= 4 is 22.8 Å². The molecule has 0 saturated carbocycles. The molecule has 2 aromatic rings. The molecule has 21 heavy (non-hydrogen) atoms. The van der Waals surface area contributed by atoms with E-state index in [2.05, 4.69) is 9.97 Å². The fourth-order valence-corrected chi connectivity index (χ4v) is 2.72. The van der Waals surface area contributed by atoms with Crippen LogP contribution in [0.4, 0.5) is 0 Å². The van der Waals surface area contributed by atoms with Crippen LogP contribution in [0.5, 0.6) is 0 Å². The molecule has 1 aliphatic heterocycles. The zero-order chi connectivity index (χ0) is 15.0. The number of carbonyl (C=O) groups is 2. The molecule has 0 spiro atoms. The van der Waals surface area contributed by atoms with Gasteiger partial charge in [-0.1, -0.05) is 6.07 Å². The Morgan fingerprint density at radius 2 is 1.81 bits per heavy atom. The average Bonchev–Trinajstić information content (AvgIpc) is 2.86. The molecular weight excluding hydrogens is 268 g/mol. The van der Waals surface area contributed by atoms with Crippen LogP contribution in [-0.2, 0) is 4.79 Å². The number of aromatic amines is 1. The second kappa shape index (κ2) is 5.20. The Morgan fingerprint density at radius 1 is 1.14 bits per heavy atom. The molecule has 0 bridgehead atoms. The number of carbonyl (C=O) groups excluding carboxylic acids is 2. The van der Waals surface area contributed by atoms with Crippen molar-refractivity contribution in [3.05, 3.63) is 29.6 Å². The summed E-state index contributed by atoms with van der Waals surface area (Å²) in [5.74, 6) is 0.842. The largest absolute Gasteiger partial charge is 0.342 e. The SMILES string of the molecule is CC(=O)N1CCN(C(=O)c2cccc3[nH]c(C)nc23)CC1. The second-order valence-corrected chi connectivity index (χ2v) is 5.32. The molecule has 0 atom stereocenters. The van der Waals surface area contributed by atoms with Gasteiger partial charge in [0.05, 0.1) is 11.1 Å². The summed E-state index contributed by atoms with van der Waals surface area (Å²) < 4.78 is 0. The zero-order valence-electron chi connectivity index (χ0n) is 12.2. The molecule has 1 saturated heterocycles. The third-order valence-electron chi connectivity index (χ3n) is 3.87. The fourth-order valence-electron chi connectivity index (χ4n) is 2.72. The Kier molecular flexibility index (Phi) is 3.37. The molecule has 0 radical (unpaired) electrons. The molecule has 2 amide bonds. The van der Waals surface area contributed by atoms with Crippen LogP contribution in [0.2, 0.25) is 0 Å². The van der Waals surface area contributed by atoms with Crippen LogP contribution >= 0.6 is 0 Å². The van der Waals surface area contributed by atoms with Gasteiger partial charge in [-0.15, -0.1) is 0 Å². The molecule has 110 valence electrons. The van der Waals surface area contributed by atoms with E-state index >= 15 is 0 Å². The van der Waals surface area contributed by atoms with Crippen LogP contribution in [0.1, 0.15) is 23.1 Å². The van der Waals surface area contributed by atoms with Crippen molar-refractivity contribution in [2.45, 2.75) is 13.8 Å². The van der Waals surface area contributed by atoms with E-state index < -0.39 is 0 Å². The molecule has 6 nitrogen and oxygen atoms in total. The monoisotopic (exact) mass is 286 g/mol. The Hall–Kier alpha value is -2.37. The number of nitrogens with zero attached hydrogens (tertiary/aromatic N) is 3. The molecule has 3 rings (SSSR count). The molecule has 1 N–H and O–H groups in total. The lowest BCUT2D eigenvalue weighted by molar-refractivity contribution is -0.130. The van der Waals surface area contributed by atoms with E-state index in [1.165, 1.54) is 0 Å². The number of amides is 2. The van der Waals surface area contributed by atoms with Gasteiger partial charge in [0.15, 0.2) is 0 Å². The molecule has 1 aromatic heterocycles. The topological polar surface area (TPSA) is 69.3 Å². The normalized spacial score (nSPS) is 15.5. The Bertz CT molecular complexity index is 699. The van der Waals surface area contributed by atoms with Gasteiger partial charge in [-0.05, 0) is 19.1 Å². The number of imidazole rings is 1. The van der Waals surface area contributed by atoms with E-state index in [-0.39, 0.29) is 11.8 Å². The van der Waals surface area contributed by atoms with Crippen LogP contribution in [0.3, 0.4) is 0 Å². The minimum Gasteiger partial charge on any atom is -0.342 e. The highest BCUT2D eigenvalue weighted by molar-refractivity contribution is 6.05. The standard InChI is InChI=1S/C15H18N4O2/c1-10-16-13-5-3-4-12(14(13)17-10)15(21)19-8-6-18(7-9-19)11(2)20/h3-5H,6-9H2,1-2H3,(H,16,17). The fraction of sp³-hybridized carbons (Fsp3) is 0.400. The quantitative estimate of drug-likeness (QED) is 0.855. The van der Waals surface area contributed by atoms with Gasteiger partial charge in [0.2, 0.25) is 5.91 Å². The van der Waals surface area contributed by atoms with Crippen molar-refractivity contribution in [3.63, 3.8) is 0 Å². The molecule has 0 aliphatic carbocycles. The summed E-state index contributed by atoms with van der Waals surface area (Å²) >= 11 is 0. The minimum atomic E-state index is -0.0182. The third-order valence-corrected chi connectivity index (χ3v) is 3.87. The lowest BCUT2D eigenvalue weighted by Gasteiger charge is -2.34. The van der Waals surface area contributed by atoms with Gasteiger partial charge in [-0.3, -0.25) is 9.59 Å². The van der Waals surface area contributed by atoms with Crippen molar-refractivity contribution < 1.29 is 9.59 Å². The van der Waals surface area contributed by atoms with Crippen molar-refractivity contribution in [2.75, 3.05) is 26.2 Å². The Labute approximate surface area is 122 Å². The summed E-state index contributed by atoms with van der Waals surface area (Å²) in [7, 11) is 0. The maximum absolute atomic E-state index is 12.7. The number of hydrogen-bond acceptors (Lipinski definition) is 3. The van der Waals surface area contributed by atoms with E-state index in [0.29, 0.717) is 37.3 Å². The number of para-hydroxylation sites is 1.